The van der Waals surface area contributed by atoms with Crippen LogP contribution in [0.4, 0.5) is 5.69 Å². The number of benzene rings is 1. The van der Waals surface area contributed by atoms with E-state index in [1.807, 2.05) is 0 Å². The standard InChI is InChI=1S/C18H22N2O6/c1-12-18(16(22)4-5-20(12)6-7-21)26-11-17(23)19-13-8-14(24-2)10-15(9-13)25-3/h4-5,8-10,21H,6-7,11H2,1-3H3,(H,19,23). The Morgan fingerprint density at radius 3 is 2.42 bits per heavy atom. The number of pyridine rings is 1. The minimum Gasteiger partial charge on any atom is -0.497 e. The van der Waals surface area contributed by atoms with Gasteiger partial charge in [-0.2, -0.15) is 0 Å². The zero-order valence-corrected chi connectivity index (χ0v) is 14.9. The first kappa shape index (κ1) is 19.3. The summed E-state index contributed by atoms with van der Waals surface area (Å²) in [4.78, 5) is 24.1. The molecule has 0 radical (unpaired) electrons. The van der Waals surface area contributed by atoms with Gasteiger partial charge in [0, 0.05) is 42.7 Å². The van der Waals surface area contributed by atoms with Crippen LogP contribution in [0.3, 0.4) is 0 Å². The molecule has 0 aliphatic carbocycles. The van der Waals surface area contributed by atoms with Gasteiger partial charge >= 0.3 is 0 Å². The first-order chi connectivity index (χ1) is 12.5. The molecule has 1 heterocycles. The van der Waals surface area contributed by atoms with Crippen LogP contribution < -0.4 is 25.0 Å². The third kappa shape index (κ3) is 4.76. The fraction of sp³-hybridized carbons (Fsp3) is 0.333. The van der Waals surface area contributed by atoms with E-state index >= 15 is 0 Å². The molecule has 1 aromatic carbocycles. The van der Waals surface area contributed by atoms with Crippen molar-refractivity contribution in [1.29, 1.82) is 0 Å². The highest BCUT2D eigenvalue weighted by atomic mass is 16.5. The molecular formula is C18H22N2O6. The molecule has 26 heavy (non-hydrogen) atoms. The van der Waals surface area contributed by atoms with E-state index in [2.05, 4.69) is 5.32 Å². The Bertz CT molecular complexity index is 809. The van der Waals surface area contributed by atoms with Crippen molar-refractivity contribution in [2.75, 3.05) is 32.8 Å². The van der Waals surface area contributed by atoms with E-state index < -0.39 is 5.91 Å². The minimum atomic E-state index is -0.434. The van der Waals surface area contributed by atoms with E-state index in [-0.39, 0.29) is 24.4 Å². The van der Waals surface area contributed by atoms with Gasteiger partial charge in [0.15, 0.2) is 12.4 Å². The molecular weight excluding hydrogens is 340 g/mol. The predicted molar refractivity (Wildman–Crippen MR) is 96.2 cm³/mol. The summed E-state index contributed by atoms with van der Waals surface area (Å²) in [6.45, 7) is 1.62. The molecule has 0 saturated carbocycles. The topological polar surface area (TPSA) is 99.0 Å². The van der Waals surface area contributed by atoms with Gasteiger partial charge in [0.25, 0.3) is 5.91 Å². The van der Waals surface area contributed by atoms with Crippen LogP contribution in [-0.2, 0) is 11.3 Å². The quantitative estimate of drug-likeness (QED) is 0.732. The highest BCUT2D eigenvalue weighted by molar-refractivity contribution is 5.92. The molecule has 0 atom stereocenters. The summed E-state index contributed by atoms with van der Waals surface area (Å²) in [5.74, 6) is 0.716. The Labute approximate surface area is 150 Å². The van der Waals surface area contributed by atoms with E-state index in [4.69, 9.17) is 19.3 Å². The fourth-order valence-corrected chi connectivity index (χ4v) is 2.39. The molecule has 8 nitrogen and oxygen atoms in total. The van der Waals surface area contributed by atoms with Crippen LogP contribution in [0.15, 0.2) is 35.3 Å². The second-order valence-corrected chi connectivity index (χ2v) is 5.45. The van der Waals surface area contributed by atoms with Crippen LogP contribution in [0.5, 0.6) is 17.2 Å². The Morgan fingerprint density at radius 1 is 1.19 bits per heavy atom. The van der Waals surface area contributed by atoms with Crippen LogP contribution in [0, 0.1) is 6.92 Å². The molecule has 2 N–H and O–H groups in total. The summed E-state index contributed by atoms with van der Waals surface area (Å²) in [6, 6.07) is 6.30. The van der Waals surface area contributed by atoms with Crippen LogP contribution in [0.1, 0.15) is 5.69 Å². The zero-order chi connectivity index (χ0) is 19.1. The fourth-order valence-electron chi connectivity index (χ4n) is 2.39. The van der Waals surface area contributed by atoms with Crippen LogP contribution >= 0.6 is 0 Å². The van der Waals surface area contributed by atoms with Gasteiger partial charge in [-0.3, -0.25) is 9.59 Å². The van der Waals surface area contributed by atoms with Gasteiger partial charge < -0.3 is 29.2 Å². The number of nitrogens with one attached hydrogen (secondary N) is 1. The third-order valence-corrected chi connectivity index (χ3v) is 3.71. The summed E-state index contributed by atoms with van der Waals surface area (Å²) in [5.41, 5.74) is 0.701. The highest BCUT2D eigenvalue weighted by Gasteiger charge is 2.12. The van der Waals surface area contributed by atoms with Crippen molar-refractivity contribution in [3.63, 3.8) is 0 Å². The van der Waals surface area contributed by atoms with Gasteiger partial charge in [-0.15, -0.1) is 0 Å². The number of carbonyl (C=O) groups is 1. The Balaban J connectivity index is 2.08. The number of anilines is 1. The SMILES string of the molecule is COc1cc(NC(=O)COc2c(C)n(CCO)ccc2=O)cc(OC)c1. The van der Waals surface area contributed by atoms with Crippen LogP contribution in [0.25, 0.3) is 0 Å². The number of hydrogen-bond acceptors (Lipinski definition) is 6. The summed E-state index contributed by atoms with van der Waals surface area (Å²) in [6.07, 6.45) is 1.57. The Morgan fingerprint density at radius 2 is 1.85 bits per heavy atom. The molecule has 0 aliphatic rings. The van der Waals surface area contributed by atoms with Crippen molar-refractivity contribution in [2.24, 2.45) is 0 Å². The average molecular weight is 362 g/mol. The van der Waals surface area contributed by atoms with Crippen LogP contribution in [0.2, 0.25) is 0 Å². The summed E-state index contributed by atoms with van der Waals surface area (Å²) < 4.78 is 17.4. The Hall–Kier alpha value is -3.00. The number of aliphatic hydroxyl groups excluding tert-OH is 1. The molecule has 2 aromatic rings. The minimum absolute atomic E-state index is 0.0681. The van der Waals surface area contributed by atoms with Gasteiger partial charge in [-0.05, 0) is 6.92 Å². The number of methoxy groups -OCH3 is 2. The predicted octanol–water partition coefficient (Wildman–Crippen LogP) is 1.18. The molecule has 0 aliphatic heterocycles. The summed E-state index contributed by atoms with van der Waals surface area (Å²) in [7, 11) is 3.03. The number of carbonyl (C=O) groups excluding carboxylic acids is 1. The number of nitrogens with zero attached hydrogens (tertiary/aromatic N) is 1. The van der Waals surface area contributed by atoms with E-state index in [1.54, 1.807) is 35.9 Å². The smallest absolute Gasteiger partial charge is 0.262 e. The van der Waals surface area contributed by atoms with Crippen molar-refractivity contribution >= 4 is 11.6 Å². The van der Waals surface area contributed by atoms with E-state index in [0.717, 1.165) is 0 Å². The lowest BCUT2D eigenvalue weighted by Crippen LogP contribution is -2.24. The lowest BCUT2D eigenvalue weighted by atomic mass is 10.2. The number of amides is 1. The van der Waals surface area contributed by atoms with E-state index in [9.17, 15) is 9.59 Å². The molecule has 0 bridgehead atoms. The van der Waals surface area contributed by atoms with Crippen molar-refractivity contribution < 1.29 is 24.1 Å². The maximum atomic E-state index is 12.2. The molecule has 1 aromatic heterocycles. The van der Waals surface area contributed by atoms with Crippen molar-refractivity contribution in [3.8, 4) is 17.2 Å². The number of hydrogen-bond donors (Lipinski definition) is 2. The largest absolute Gasteiger partial charge is 0.497 e. The van der Waals surface area contributed by atoms with E-state index in [0.29, 0.717) is 29.4 Å². The normalized spacial score (nSPS) is 10.3. The van der Waals surface area contributed by atoms with Gasteiger partial charge in [-0.1, -0.05) is 0 Å². The second-order valence-electron chi connectivity index (χ2n) is 5.45. The van der Waals surface area contributed by atoms with Crippen LogP contribution in [-0.4, -0.2) is 43.0 Å². The molecule has 1 amide bonds. The first-order valence-electron chi connectivity index (χ1n) is 7.95. The van der Waals surface area contributed by atoms with Crippen molar-refractivity contribution in [2.45, 2.75) is 13.5 Å². The van der Waals surface area contributed by atoms with E-state index in [1.165, 1.54) is 20.3 Å². The third-order valence-electron chi connectivity index (χ3n) is 3.71. The zero-order valence-electron chi connectivity index (χ0n) is 14.9. The van der Waals surface area contributed by atoms with Crippen molar-refractivity contribution in [3.05, 3.63) is 46.4 Å². The first-order valence-corrected chi connectivity index (χ1v) is 7.95. The number of ether oxygens (including phenoxy) is 3. The monoisotopic (exact) mass is 362 g/mol. The highest BCUT2D eigenvalue weighted by Crippen LogP contribution is 2.25. The van der Waals surface area contributed by atoms with Gasteiger partial charge in [0.2, 0.25) is 5.43 Å². The lowest BCUT2D eigenvalue weighted by molar-refractivity contribution is -0.118. The number of aliphatic hydroxyl groups is 1. The molecule has 0 fully saturated rings. The Kier molecular flexibility index (Phi) is 6.62. The molecule has 0 spiro atoms. The maximum absolute atomic E-state index is 12.2. The molecule has 0 saturated heterocycles. The van der Waals surface area contributed by atoms with Gasteiger partial charge in [-0.25, -0.2) is 0 Å². The lowest BCUT2D eigenvalue weighted by Gasteiger charge is -2.14. The number of aromatic nitrogens is 1. The van der Waals surface area contributed by atoms with Crippen molar-refractivity contribution in [1.82, 2.24) is 4.57 Å². The molecule has 8 heteroatoms. The summed E-state index contributed by atoms with van der Waals surface area (Å²) >= 11 is 0. The summed E-state index contributed by atoms with van der Waals surface area (Å²) in [5, 5.41) is 11.7. The molecule has 140 valence electrons. The molecule has 2 rings (SSSR count). The average Bonchev–Trinajstić information content (AvgIpc) is 2.63. The molecule has 0 unspecified atom stereocenters. The maximum Gasteiger partial charge on any atom is 0.262 e. The second kappa shape index (κ2) is 8.91. The number of rotatable bonds is 8. The van der Waals surface area contributed by atoms with Gasteiger partial charge in [0.05, 0.1) is 26.5 Å². The van der Waals surface area contributed by atoms with Gasteiger partial charge in [0.1, 0.15) is 11.5 Å².